The van der Waals surface area contributed by atoms with E-state index in [4.69, 9.17) is 23.2 Å². The van der Waals surface area contributed by atoms with Crippen molar-refractivity contribution in [3.63, 3.8) is 0 Å². The predicted molar refractivity (Wildman–Crippen MR) is 119 cm³/mol. The lowest BCUT2D eigenvalue weighted by Gasteiger charge is -2.08. The molecule has 2 amide bonds. The van der Waals surface area contributed by atoms with Crippen molar-refractivity contribution in [3.05, 3.63) is 77.8 Å². The van der Waals surface area contributed by atoms with E-state index < -0.39 is 21.7 Å². The molecule has 0 aliphatic heterocycles. The molecule has 2 aromatic rings. The number of hydrogen-bond donors (Lipinski definition) is 2. The van der Waals surface area contributed by atoms with Crippen molar-refractivity contribution >= 4 is 46.4 Å². The molecule has 0 aromatic heterocycles. The first-order valence-electron chi connectivity index (χ1n) is 9.65. The Labute approximate surface area is 193 Å². The van der Waals surface area contributed by atoms with E-state index >= 15 is 0 Å². The molecule has 0 saturated heterocycles. The van der Waals surface area contributed by atoms with Gasteiger partial charge in [0.1, 0.15) is 11.1 Å². The molecule has 0 bridgehead atoms. The monoisotopic (exact) mass is 482 g/mol. The Bertz CT molecular complexity index is 950. The molecule has 0 aliphatic carbocycles. The quantitative estimate of drug-likeness (QED) is 0.273. The first-order chi connectivity index (χ1) is 15.2. The van der Waals surface area contributed by atoms with Gasteiger partial charge in [0.15, 0.2) is 0 Å². The smallest absolute Gasteiger partial charge is 0.282 e. The van der Waals surface area contributed by atoms with Crippen LogP contribution in [0.25, 0.3) is 0 Å². The molecule has 2 rings (SSSR count). The first kappa shape index (κ1) is 25.0. The Morgan fingerprint density at radius 2 is 1.09 bits per heavy atom. The van der Waals surface area contributed by atoms with Gasteiger partial charge in [-0.25, -0.2) is 0 Å². The van der Waals surface area contributed by atoms with Gasteiger partial charge < -0.3 is 10.6 Å². The minimum atomic E-state index is -0.641. The molecule has 0 heterocycles. The van der Waals surface area contributed by atoms with Crippen LogP contribution in [0.3, 0.4) is 0 Å². The van der Waals surface area contributed by atoms with Crippen molar-refractivity contribution in [2.24, 2.45) is 0 Å². The zero-order valence-electron chi connectivity index (χ0n) is 16.8. The zero-order chi connectivity index (χ0) is 23.7. The van der Waals surface area contributed by atoms with Gasteiger partial charge in [-0.1, -0.05) is 36.0 Å². The summed E-state index contributed by atoms with van der Waals surface area (Å²) in [6.45, 7) is 0.646. The average Bonchev–Trinajstić information content (AvgIpc) is 2.74. The Kier molecular flexibility index (Phi) is 9.36. The van der Waals surface area contributed by atoms with Crippen LogP contribution < -0.4 is 10.6 Å². The fourth-order valence-electron chi connectivity index (χ4n) is 2.90. The third-order valence-corrected chi connectivity index (χ3v) is 4.94. The summed E-state index contributed by atoms with van der Waals surface area (Å²) in [5, 5.41) is 27.8. The van der Waals surface area contributed by atoms with E-state index in [2.05, 4.69) is 10.6 Å². The molecule has 12 heteroatoms. The molecule has 0 unspecified atom stereocenters. The van der Waals surface area contributed by atoms with E-state index in [1.165, 1.54) is 36.4 Å². The summed E-state index contributed by atoms with van der Waals surface area (Å²) in [4.78, 5) is 45.2. The highest BCUT2D eigenvalue weighted by Crippen LogP contribution is 2.23. The summed E-state index contributed by atoms with van der Waals surface area (Å²) in [7, 11) is 0. The minimum Gasteiger partial charge on any atom is -0.352 e. The number of benzene rings is 2. The van der Waals surface area contributed by atoms with Crippen LogP contribution in [0.1, 0.15) is 46.4 Å². The highest BCUT2D eigenvalue weighted by Gasteiger charge is 2.21. The van der Waals surface area contributed by atoms with Crippen molar-refractivity contribution in [2.45, 2.75) is 25.7 Å². The largest absolute Gasteiger partial charge is 0.352 e. The number of amides is 2. The van der Waals surface area contributed by atoms with Gasteiger partial charge in [-0.15, -0.1) is 0 Å². The molecule has 32 heavy (non-hydrogen) atoms. The lowest BCUT2D eigenvalue weighted by molar-refractivity contribution is -0.385. The fraction of sp³-hybridized carbons (Fsp3) is 0.300. The third kappa shape index (κ3) is 7.17. The van der Waals surface area contributed by atoms with E-state index in [1.54, 1.807) is 0 Å². The number of unbranched alkanes of at least 4 members (excludes halogenated alkanes) is 3. The second kappa shape index (κ2) is 12.0. The van der Waals surface area contributed by atoms with Crippen LogP contribution in [0.2, 0.25) is 10.0 Å². The van der Waals surface area contributed by atoms with Gasteiger partial charge in [-0.05, 0) is 37.1 Å². The molecule has 2 aromatic carbocycles. The summed E-state index contributed by atoms with van der Waals surface area (Å²) in [6.07, 6.45) is 2.75. The molecule has 0 saturated carbocycles. The van der Waals surface area contributed by atoms with Crippen LogP contribution in [0, 0.1) is 20.2 Å². The number of nitrogens with zero attached hydrogens (tertiary/aromatic N) is 2. The van der Waals surface area contributed by atoms with Gasteiger partial charge >= 0.3 is 0 Å². The molecule has 170 valence electrons. The van der Waals surface area contributed by atoms with Crippen molar-refractivity contribution < 1.29 is 19.4 Å². The molecule has 0 spiro atoms. The van der Waals surface area contributed by atoms with Crippen molar-refractivity contribution in [3.8, 4) is 0 Å². The van der Waals surface area contributed by atoms with Crippen LogP contribution in [0.4, 0.5) is 11.4 Å². The van der Waals surface area contributed by atoms with Crippen molar-refractivity contribution in [2.75, 3.05) is 13.1 Å². The number of hydrogen-bond acceptors (Lipinski definition) is 6. The van der Waals surface area contributed by atoms with Gasteiger partial charge in [0.2, 0.25) is 0 Å². The minimum absolute atomic E-state index is 0.0969. The summed E-state index contributed by atoms with van der Waals surface area (Å²) in [6, 6.07) is 7.57. The fourth-order valence-corrected chi connectivity index (χ4v) is 3.24. The Hall–Kier alpha value is -3.24. The van der Waals surface area contributed by atoms with Crippen LogP contribution in [0.5, 0.6) is 0 Å². The lowest BCUT2D eigenvalue weighted by Crippen LogP contribution is -2.26. The maximum atomic E-state index is 12.2. The second-order valence-electron chi connectivity index (χ2n) is 6.76. The maximum absolute atomic E-state index is 12.2. The Morgan fingerprint density at radius 3 is 1.44 bits per heavy atom. The van der Waals surface area contributed by atoms with Crippen molar-refractivity contribution in [1.82, 2.24) is 10.6 Å². The topological polar surface area (TPSA) is 144 Å². The predicted octanol–water partition coefficient (Wildman–Crippen LogP) is 4.53. The first-order valence-corrected chi connectivity index (χ1v) is 10.4. The standard InChI is InChI=1S/C20H20Cl2N4O6/c21-13-5-7-17(25(29)30)15(11-13)19(27)23-9-3-1-2-4-10-24-20(28)16-12-14(22)6-8-18(16)26(31)32/h5-8,11-12H,1-4,9-10H2,(H,23,27)(H,24,28). The van der Waals surface area contributed by atoms with Crippen LogP contribution in [0.15, 0.2) is 36.4 Å². The molecule has 0 aliphatic rings. The summed E-state index contributed by atoms with van der Waals surface area (Å²) in [5.41, 5.74) is -0.828. The number of nitro benzene ring substituents is 2. The van der Waals surface area contributed by atoms with Gasteiger partial charge in [0, 0.05) is 35.3 Å². The number of halogens is 2. The van der Waals surface area contributed by atoms with Crippen LogP contribution in [-0.4, -0.2) is 34.8 Å². The van der Waals surface area contributed by atoms with E-state index in [-0.39, 0.29) is 32.5 Å². The third-order valence-electron chi connectivity index (χ3n) is 4.47. The zero-order valence-corrected chi connectivity index (χ0v) is 18.3. The van der Waals surface area contributed by atoms with E-state index in [1.807, 2.05) is 0 Å². The van der Waals surface area contributed by atoms with E-state index in [0.29, 0.717) is 25.9 Å². The second-order valence-corrected chi connectivity index (χ2v) is 7.64. The summed E-state index contributed by atoms with van der Waals surface area (Å²) in [5.74, 6) is -1.15. The Morgan fingerprint density at radius 1 is 0.719 bits per heavy atom. The van der Waals surface area contributed by atoms with Crippen LogP contribution >= 0.6 is 23.2 Å². The molecule has 0 fully saturated rings. The summed E-state index contributed by atoms with van der Waals surface area (Å²) >= 11 is 11.6. The molecule has 2 N–H and O–H groups in total. The van der Waals surface area contributed by atoms with Crippen LogP contribution in [-0.2, 0) is 0 Å². The summed E-state index contributed by atoms with van der Waals surface area (Å²) < 4.78 is 0. The van der Waals surface area contributed by atoms with Crippen molar-refractivity contribution in [1.29, 1.82) is 0 Å². The maximum Gasteiger partial charge on any atom is 0.282 e. The molecular weight excluding hydrogens is 463 g/mol. The van der Waals surface area contributed by atoms with Gasteiger partial charge in [-0.3, -0.25) is 29.8 Å². The highest BCUT2D eigenvalue weighted by atomic mass is 35.5. The number of nitrogens with one attached hydrogen (secondary N) is 2. The van der Waals surface area contributed by atoms with Gasteiger partial charge in [0.25, 0.3) is 23.2 Å². The molecule has 0 radical (unpaired) electrons. The number of rotatable bonds is 11. The molecule has 10 nitrogen and oxygen atoms in total. The van der Waals surface area contributed by atoms with E-state index in [9.17, 15) is 29.8 Å². The number of nitro groups is 2. The van der Waals surface area contributed by atoms with Gasteiger partial charge in [-0.2, -0.15) is 0 Å². The highest BCUT2D eigenvalue weighted by molar-refractivity contribution is 6.31. The molecular formula is C20H20Cl2N4O6. The van der Waals surface area contributed by atoms with E-state index in [0.717, 1.165) is 12.8 Å². The normalized spacial score (nSPS) is 10.4. The number of carbonyl (C=O) groups is 2. The molecule has 0 atom stereocenters. The number of carbonyl (C=O) groups excluding carboxylic acids is 2. The van der Waals surface area contributed by atoms with Gasteiger partial charge in [0.05, 0.1) is 9.85 Å². The average molecular weight is 483 g/mol. The SMILES string of the molecule is O=C(NCCCCCCNC(=O)c1cc(Cl)ccc1[N+](=O)[O-])c1cc(Cl)ccc1[N+](=O)[O-]. The Balaban J connectivity index is 1.70. The lowest BCUT2D eigenvalue weighted by atomic mass is 10.1.